The molecular weight excluding hydrogens is 486 g/mol. The van der Waals surface area contributed by atoms with Gasteiger partial charge in [-0.3, -0.25) is 4.79 Å². The van der Waals surface area contributed by atoms with E-state index in [1.165, 1.54) is 16.7 Å². The third kappa shape index (κ3) is 6.52. The number of benzene rings is 1. The Morgan fingerprint density at radius 2 is 1.95 bits per heavy atom. The van der Waals surface area contributed by atoms with Gasteiger partial charge in [0.05, 0.1) is 11.7 Å². The Bertz CT molecular complexity index is 1100. The molecule has 5 rings (SSSR count). The van der Waals surface area contributed by atoms with E-state index < -0.39 is 0 Å². The van der Waals surface area contributed by atoms with E-state index in [0.29, 0.717) is 36.4 Å². The molecule has 1 fully saturated rings. The van der Waals surface area contributed by atoms with Gasteiger partial charge in [-0.25, -0.2) is 9.97 Å². The molecule has 2 aromatic rings. The van der Waals surface area contributed by atoms with Crippen molar-refractivity contribution in [2.45, 2.75) is 83.6 Å². The summed E-state index contributed by atoms with van der Waals surface area (Å²) in [6.45, 7) is 4.04. The highest BCUT2D eigenvalue weighted by Crippen LogP contribution is 2.37. The highest BCUT2D eigenvalue weighted by Gasteiger charge is 2.30. The topological polar surface area (TPSA) is 84.3 Å². The summed E-state index contributed by atoms with van der Waals surface area (Å²) >= 11 is 6.34. The van der Waals surface area contributed by atoms with E-state index in [9.17, 15) is 9.90 Å². The summed E-state index contributed by atoms with van der Waals surface area (Å²) in [6.07, 6.45) is 10.2. The molecule has 2 unspecified atom stereocenters. The molecule has 0 radical (unpaired) electrons. The zero-order valence-electron chi connectivity index (χ0n) is 22.0. The number of halogens is 1. The second-order valence-electron chi connectivity index (χ2n) is 11.4. The fourth-order valence-electron chi connectivity index (χ4n) is 6.55. The number of aliphatic hydroxyl groups excluding tert-OH is 1. The van der Waals surface area contributed by atoms with Gasteiger partial charge in [0.25, 0.3) is 0 Å². The molecule has 4 atom stereocenters. The number of hydrogen-bond acceptors (Lipinski definition) is 6. The van der Waals surface area contributed by atoms with Gasteiger partial charge in [0.1, 0.15) is 11.6 Å². The van der Waals surface area contributed by atoms with Crippen molar-refractivity contribution in [3.63, 3.8) is 0 Å². The summed E-state index contributed by atoms with van der Waals surface area (Å²) in [5.74, 6) is 2.39. The summed E-state index contributed by atoms with van der Waals surface area (Å²) in [5.41, 5.74) is 6.12. The highest BCUT2D eigenvalue weighted by molar-refractivity contribution is 6.28. The van der Waals surface area contributed by atoms with Crippen molar-refractivity contribution in [2.24, 2.45) is 17.8 Å². The molecule has 1 aromatic carbocycles. The Morgan fingerprint density at radius 3 is 2.81 bits per heavy atom. The predicted octanol–water partition coefficient (Wildman–Crippen LogP) is 5.67. The van der Waals surface area contributed by atoms with Gasteiger partial charge in [-0.05, 0) is 104 Å². The predicted molar refractivity (Wildman–Crippen MR) is 146 cm³/mol. The number of carbonyl (C=O) groups excluding carboxylic acids is 1. The van der Waals surface area contributed by atoms with Gasteiger partial charge in [0.15, 0.2) is 0 Å². The van der Waals surface area contributed by atoms with Crippen molar-refractivity contribution in [3.05, 3.63) is 51.4 Å². The molecule has 7 heteroatoms. The molecule has 1 aliphatic heterocycles. The van der Waals surface area contributed by atoms with Gasteiger partial charge in [-0.1, -0.05) is 24.6 Å². The minimum absolute atomic E-state index is 0.0656. The Labute approximate surface area is 225 Å². The zero-order valence-corrected chi connectivity index (χ0v) is 22.7. The molecule has 200 valence electrons. The molecule has 3 aliphatic rings. The number of nitrogens with one attached hydrogen (secondary N) is 1. The number of rotatable bonds is 9. The van der Waals surface area contributed by atoms with Crippen LogP contribution in [-0.2, 0) is 35.2 Å². The van der Waals surface area contributed by atoms with E-state index in [1.807, 2.05) is 0 Å². The third-order valence-electron chi connectivity index (χ3n) is 8.60. The summed E-state index contributed by atoms with van der Waals surface area (Å²) in [7, 11) is 0. The van der Waals surface area contributed by atoms with Crippen molar-refractivity contribution in [1.29, 1.82) is 0 Å². The van der Waals surface area contributed by atoms with Crippen LogP contribution in [-0.4, -0.2) is 40.7 Å². The average molecular weight is 526 g/mol. The fourth-order valence-corrected chi connectivity index (χ4v) is 6.74. The first-order valence-electron chi connectivity index (χ1n) is 14.1. The van der Waals surface area contributed by atoms with Gasteiger partial charge < -0.3 is 15.2 Å². The number of ether oxygens (including phenoxy) is 1. The Hall–Kier alpha value is -2.02. The van der Waals surface area contributed by atoms with Crippen LogP contribution in [0.15, 0.2) is 18.2 Å². The van der Waals surface area contributed by atoms with Crippen molar-refractivity contribution in [1.82, 2.24) is 9.97 Å². The van der Waals surface area contributed by atoms with Crippen LogP contribution < -0.4 is 5.32 Å². The maximum Gasteiger partial charge on any atom is 0.224 e. The zero-order chi connectivity index (χ0) is 25.8. The molecule has 0 bridgehead atoms. The van der Waals surface area contributed by atoms with E-state index in [4.69, 9.17) is 16.3 Å². The second-order valence-corrected chi connectivity index (χ2v) is 11.7. The maximum atomic E-state index is 12.8. The number of fused-ring (bicyclic) bond motifs is 2. The summed E-state index contributed by atoms with van der Waals surface area (Å²) in [4.78, 5) is 21.9. The highest BCUT2D eigenvalue weighted by atomic mass is 35.5. The molecule has 1 saturated heterocycles. The first-order chi connectivity index (χ1) is 18.0. The first kappa shape index (κ1) is 26.6. The van der Waals surface area contributed by atoms with E-state index in [-0.39, 0.29) is 17.9 Å². The Balaban J connectivity index is 1.20. The average Bonchev–Trinajstić information content (AvgIpc) is 3.48. The van der Waals surface area contributed by atoms with Gasteiger partial charge in [-0.15, -0.1) is 0 Å². The first-order valence-corrected chi connectivity index (χ1v) is 14.5. The van der Waals surface area contributed by atoms with Crippen LogP contribution in [0.3, 0.4) is 0 Å². The number of anilines is 1. The third-order valence-corrected chi connectivity index (χ3v) is 8.77. The number of Topliss-reactive ketones (excluding diaryl/α,β-unsaturated/α-hetero) is 1. The number of nitrogens with zero attached hydrogens (tertiary/aromatic N) is 2. The van der Waals surface area contributed by atoms with Gasteiger partial charge in [0.2, 0.25) is 5.28 Å². The molecule has 0 spiro atoms. The molecule has 1 aromatic heterocycles. The van der Waals surface area contributed by atoms with Gasteiger partial charge >= 0.3 is 0 Å². The van der Waals surface area contributed by atoms with E-state index >= 15 is 0 Å². The minimum Gasteiger partial charge on any atom is -0.396 e. The standard InChI is InChI=1S/C30H40ClN3O3/c1-19(25-7-4-6-23-13-22(18-35)16-26(23)25)32-29-27-15-21(17-28(27)33-30(31)34-29)8-9-24(36)14-20-5-2-3-11-37-12-10-20/h4,6-7,19-22,35H,2-3,5,8-18H2,1H3,(H,32,33,34)/t19-,20?,21?,22-/m0/s1. The second kappa shape index (κ2) is 12.2. The number of carbonyl (C=O) groups is 1. The molecule has 37 heavy (non-hydrogen) atoms. The van der Waals surface area contributed by atoms with Crippen molar-refractivity contribution in [3.8, 4) is 0 Å². The number of aliphatic hydroxyl groups is 1. The normalized spacial score (nSPS) is 24.1. The molecule has 2 heterocycles. The Kier molecular flexibility index (Phi) is 8.78. The lowest BCUT2D eigenvalue weighted by Gasteiger charge is -2.20. The molecule has 2 aliphatic carbocycles. The van der Waals surface area contributed by atoms with Crippen LogP contribution in [0.1, 0.15) is 85.9 Å². The van der Waals surface area contributed by atoms with Crippen LogP contribution >= 0.6 is 11.6 Å². The summed E-state index contributed by atoms with van der Waals surface area (Å²) in [5, 5.41) is 13.6. The van der Waals surface area contributed by atoms with Crippen LogP contribution in [0.25, 0.3) is 0 Å². The van der Waals surface area contributed by atoms with Gasteiger partial charge in [0, 0.05) is 38.2 Å². The van der Waals surface area contributed by atoms with Crippen LogP contribution in [0.5, 0.6) is 0 Å². The number of ketones is 1. The van der Waals surface area contributed by atoms with Gasteiger partial charge in [-0.2, -0.15) is 0 Å². The largest absolute Gasteiger partial charge is 0.396 e. The van der Waals surface area contributed by atoms with Crippen molar-refractivity contribution >= 4 is 23.2 Å². The number of hydrogen-bond donors (Lipinski definition) is 2. The van der Waals surface area contributed by atoms with E-state index in [2.05, 4.69) is 40.4 Å². The minimum atomic E-state index is 0.0656. The van der Waals surface area contributed by atoms with Crippen LogP contribution in [0.4, 0.5) is 5.82 Å². The SMILES string of the molecule is C[C@H](Nc1nc(Cl)nc2c1CC(CCC(=O)CC1CCCCOCC1)C2)c1cccc2c1C[C@@H](CO)C2. The van der Waals surface area contributed by atoms with Crippen LogP contribution in [0.2, 0.25) is 5.28 Å². The molecule has 0 saturated carbocycles. The molecule has 2 N–H and O–H groups in total. The fraction of sp³-hybridized carbons (Fsp3) is 0.633. The quantitative estimate of drug-likeness (QED) is 0.410. The number of aromatic nitrogens is 2. The lowest BCUT2D eigenvalue weighted by atomic mass is 9.90. The van der Waals surface area contributed by atoms with Crippen molar-refractivity contribution < 1.29 is 14.6 Å². The van der Waals surface area contributed by atoms with Crippen LogP contribution in [0, 0.1) is 17.8 Å². The lowest BCUT2D eigenvalue weighted by molar-refractivity contribution is -0.120. The monoisotopic (exact) mass is 525 g/mol. The maximum absolute atomic E-state index is 12.8. The van der Waals surface area contributed by atoms with E-state index in [0.717, 1.165) is 88.1 Å². The van der Waals surface area contributed by atoms with Crippen molar-refractivity contribution in [2.75, 3.05) is 25.1 Å². The molecular formula is C30H40ClN3O3. The molecule has 6 nitrogen and oxygen atoms in total. The summed E-state index contributed by atoms with van der Waals surface area (Å²) in [6, 6.07) is 6.53. The Morgan fingerprint density at radius 1 is 1.08 bits per heavy atom. The molecule has 0 amide bonds. The van der Waals surface area contributed by atoms with E-state index in [1.54, 1.807) is 0 Å². The lowest BCUT2D eigenvalue weighted by Crippen LogP contribution is -2.15. The summed E-state index contributed by atoms with van der Waals surface area (Å²) < 4.78 is 5.62. The smallest absolute Gasteiger partial charge is 0.224 e.